The number of methoxy groups -OCH3 is 1. The molecule has 6 heteroatoms. The van der Waals surface area contributed by atoms with Gasteiger partial charge in [0.05, 0.1) is 13.2 Å². The van der Waals surface area contributed by atoms with Crippen molar-refractivity contribution in [3.63, 3.8) is 0 Å². The van der Waals surface area contributed by atoms with Crippen LogP contribution in [0.4, 0.5) is 0 Å². The molecule has 0 aliphatic heterocycles. The van der Waals surface area contributed by atoms with Crippen molar-refractivity contribution < 1.29 is 9.53 Å². The van der Waals surface area contributed by atoms with Crippen molar-refractivity contribution in [2.24, 2.45) is 0 Å². The summed E-state index contributed by atoms with van der Waals surface area (Å²) in [6.07, 6.45) is 1.68. The van der Waals surface area contributed by atoms with E-state index in [2.05, 4.69) is 20.8 Å². The molecule has 1 aromatic rings. The number of carbonyl (C=O) groups excluding carboxylic acids is 1. The van der Waals surface area contributed by atoms with Crippen LogP contribution in [0.15, 0.2) is 12.3 Å². The van der Waals surface area contributed by atoms with E-state index in [1.807, 2.05) is 6.07 Å². The number of hydrogen-bond acceptors (Lipinski definition) is 4. The minimum atomic E-state index is -0.0356. The molecule has 0 aromatic carbocycles. The Labute approximate surface area is 88.4 Å². The highest BCUT2D eigenvalue weighted by Crippen LogP contribution is 1.88. The fourth-order valence-electron chi connectivity index (χ4n) is 1.05. The number of aromatic nitrogens is 2. The summed E-state index contributed by atoms with van der Waals surface area (Å²) in [5, 5.41) is 12.3. The molecule has 1 rings (SSSR count). The first-order valence-corrected chi connectivity index (χ1v) is 4.77. The van der Waals surface area contributed by atoms with Crippen molar-refractivity contribution in [2.75, 3.05) is 26.8 Å². The molecule has 15 heavy (non-hydrogen) atoms. The Morgan fingerprint density at radius 1 is 1.67 bits per heavy atom. The number of H-pyrrole nitrogens is 1. The van der Waals surface area contributed by atoms with Gasteiger partial charge in [0.1, 0.15) is 0 Å². The van der Waals surface area contributed by atoms with Crippen LogP contribution in [0.5, 0.6) is 0 Å². The van der Waals surface area contributed by atoms with Gasteiger partial charge < -0.3 is 15.4 Å². The van der Waals surface area contributed by atoms with Gasteiger partial charge in [0, 0.05) is 32.1 Å². The second-order valence-electron chi connectivity index (χ2n) is 3.03. The number of ether oxygens (including phenoxy) is 1. The molecule has 1 aromatic heterocycles. The molecule has 0 aliphatic carbocycles. The zero-order chi connectivity index (χ0) is 10.9. The SMILES string of the molecule is COCCNC(=O)CNCc1ccn[nH]1. The number of hydrogen-bond donors (Lipinski definition) is 3. The standard InChI is InChI=1S/C9H16N4O2/c1-15-5-4-11-9(14)7-10-6-8-2-3-12-13-8/h2-3,10H,4-7H2,1H3,(H,11,14)(H,12,13). The van der Waals surface area contributed by atoms with Crippen LogP contribution < -0.4 is 10.6 Å². The number of rotatable bonds is 7. The van der Waals surface area contributed by atoms with E-state index < -0.39 is 0 Å². The Balaban J connectivity index is 2.02. The summed E-state index contributed by atoms with van der Waals surface area (Å²) in [6, 6.07) is 1.86. The van der Waals surface area contributed by atoms with Crippen LogP contribution in [0.3, 0.4) is 0 Å². The number of amides is 1. The lowest BCUT2D eigenvalue weighted by Gasteiger charge is -2.04. The number of carbonyl (C=O) groups is 1. The summed E-state index contributed by atoms with van der Waals surface area (Å²) in [5.41, 5.74) is 0.958. The van der Waals surface area contributed by atoms with Gasteiger partial charge in [-0.1, -0.05) is 0 Å². The first-order chi connectivity index (χ1) is 7.33. The maximum absolute atomic E-state index is 11.2. The van der Waals surface area contributed by atoms with Gasteiger partial charge in [-0.05, 0) is 6.07 Å². The van der Waals surface area contributed by atoms with Crippen LogP contribution in [-0.4, -0.2) is 42.9 Å². The van der Waals surface area contributed by atoms with E-state index in [1.165, 1.54) is 0 Å². The van der Waals surface area contributed by atoms with Gasteiger partial charge in [-0.2, -0.15) is 5.10 Å². The van der Waals surface area contributed by atoms with E-state index in [0.29, 0.717) is 26.2 Å². The molecule has 6 nitrogen and oxygen atoms in total. The number of nitrogens with zero attached hydrogens (tertiary/aromatic N) is 1. The second-order valence-corrected chi connectivity index (χ2v) is 3.03. The largest absolute Gasteiger partial charge is 0.383 e. The van der Waals surface area contributed by atoms with Crippen LogP contribution in [0.2, 0.25) is 0 Å². The van der Waals surface area contributed by atoms with Gasteiger partial charge in [-0.15, -0.1) is 0 Å². The monoisotopic (exact) mass is 212 g/mol. The van der Waals surface area contributed by atoms with Crippen LogP contribution in [-0.2, 0) is 16.1 Å². The topological polar surface area (TPSA) is 79.0 Å². The average Bonchev–Trinajstić information content (AvgIpc) is 2.71. The fraction of sp³-hybridized carbons (Fsp3) is 0.556. The van der Waals surface area contributed by atoms with Crippen molar-refractivity contribution in [2.45, 2.75) is 6.54 Å². The normalized spacial score (nSPS) is 10.2. The third kappa shape index (κ3) is 5.14. The Bertz CT molecular complexity index is 274. The average molecular weight is 212 g/mol. The molecule has 0 saturated carbocycles. The smallest absolute Gasteiger partial charge is 0.234 e. The van der Waals surface area contributed by atoms with Crippen LogP contribution in [0.1, 0.15) is 5.69 Å². The Morgan fingerprint density at radius 3 is 3.20 bits per heavy atom. The minimum absolute atomic E-state index is 0.0356. The number of nitrogens with one attached hydrogen (secondary N) is 3. The summed E-state index contributed by atoms with van der Waals surface area (Å²) in [4.78, 5) is 11.2. The molecule has 0 fully saturated rings. The lowest BCUT2D eigenvalue weighted by atomic mass is 10.4. The summed E-state index contributed by atoms with van der Waals surface area (Å²) >= 11 is 0. The summed E-state index contributed by atoms with van der Waals surface area (Å²) in [6.45, 7) is 1.98. The second kappa shape index (κ2) is 6.97. The maximum atomic E-state index is 11.2. The molecule has 0 radical (unpaired) electrons. The maximum Gasteiger partial charge on any atom is 0.234 e. The molecular formula is C9H16N4O2. The molecule has 0 atom stereocenters. The Morgan fingerprint density at radius 2 is 2.53 bits per heavy atom. The van der Waals surface area contributed by atoms with Crippen molar-refractivity contribution in [1.82, 2.24) is 20.8 Å². The van der Waals surface area contributed by atoms with Gasteiger partial charge in [-0.25, -0.2) is 0 Å². The minimum Gasteiger partial charge on any atom is -0.383 e. The molecule has 84 valence electrons. The zero-order valence-electron chi connectivity index (χ0n) is 8.75. The first-order valence-electron chi connectivity index (χ1n) is 4.77. The highest BCUT2D eigenvalue weighted by Gasteiger charge is 1.99. The van der Waals surface area contributed by atoms with Crippen LogP contribution >= 0.6 is 0 Å². The van der Waals surface area contributed by atoms with E-state index >= 15 is 0 Å². The van der Waals surface area contributed by atoms with Crippen LogP contribution in [0, 0.1) is 0 Å². The van der Waals surface area contributed by atoms with Gasteiger partial charge in [0.25, 0.3) is 0 Å². The lowest BCUT2D eigenvalue weighted by molar-refractivity contribution is -0.120. The number of aromatic amines is 1. The fourth-order valence-corrected chi connectivity index (χ4v) is 1.05. The summed E-state index contributed by atoms with van der Waals surface area (Å²) < 4.78 is 4.81. The van der Waals surface area contributed by atoms with Gasteiger partial charge in [-0.3, -0.25) is 9.89 Å². The predicted molar refractivity (Wildman–Crippen MR) is 55.2 cm³/mol. The van der Waals surface area contributed by atoms with Crippen molar-refractivity contribution in [3.8, 4) is 0 Å². The van der Waals surface area contributed by atoms with E-state index in [4.69, 9.17) is 4.74 Å². The Kier molecular flexibility index (Phi) is 5.42. The van der Waals surface area contributed by atoms with Crippen LogP contribution in [0.25, 0.3) is 0 Å². The third-order valence-electron chi connectivity index (χ3n) is 1.79. The van der Waals surface area contributed by atoms with Gasteiger partial charge in [0.15, 0.2) is 0 Å². The van der Waals surface area contributed by atoms with Crippen molar-refractivity contribution in [1.29, 1.82) is 0 Å². The molecule has 0 aliphatic rings. The molecule has 0 bridgehead atoms. The lowest BCUT2D eigenvalue weighted by Crippen LogP contribution is -2.35. The summed E-state index contributed by atoms with van der Waals surface area (Å²) in [7, 11) is 1.60. The molecule has 0 saturated heterocycles. The molecule has 3 N–H and O–H groups in total. The molecule has 1 heterocycles. The highest BCUT2D eigenvalue weighted by molar-refractivity contribution is 5.77. The van der Waals surface area contributed by atoms with E-state index in [-0.39, 0.29) is 5.91 Å². The quantitative estimate of drug-likeness (QED) is 0.520. The summed E-state index contributed by atoms with van der Waals surface area (Å²) in [5.74, 6) is -0.0356. The van der Waals surface area contributed by atoms with E-state index in [9.17, 15) is 4.79 Å². The Hall–Kier alpha value is -1.40. The van der Waals surface area contributed by atoms with E-state index in [1.54, 1.807) is 13.3 Å². The predicted octanol–water partition coefficient (Wildman–Crippen LogP) is -0.738. The molecular weight excluding hydrogens is 196 g/mol. The molecule has 0 unspecified atom stereocenters. The van der Waals surface area contributed by atoms with Gasteiger partial charge >= 0.3 is 0 Å². The van der Waals surface area contributed by atoms with Crippen molar-refractivity contribution in [3.05, 3.63) is 18.0 Å². The molecule has 1 amide bonds. The highest BCUT2D eigenvalue weighted by atomic mass is 16.5. The third-order valence-corrected chi connectivity index (χ3v) is 1.79. The van der Waals surface area contributed by atoms with Crippen molar-refractivity contribution >= 4 is 5.91 Å². The zero-order valence-corrected chi connectivity index (χ0v) is 8.75. The van der Waals surface area contributed by atoms with E-state index in [0.717, 1.165) is 5.69 Å². The molecule has 0 spiro atoms. The first kappa shape index (κ1) is 11.7. The van der Waals surface area contributed by atoms with Gasteiger partial charge in [0.2, 0.25) is 5.91 Å².